The van der Waals surface area contributed by atoms with E-state index in [4.69, 9.17) is 4.74 Å². The lowest BCUT2D eigenvalue weighted by atomic mass is 10.4. The quantitative estimate of drug-likeness (QED) is 0.657. The summed E-state index contributed by atoms with van der Waals surface area (Å²) in [4.78, 5) is 11.9. The van der Waals surface area contributed by atoms with Crippen molar-refractivity contribution in [3.63, 3.8) is 0 Å². The Bertz CT molecular complexity index is 615. The maximum Gasteiger partial charge on any atom is 0.323 e. The first-order chi connectivity index (χ1) is 10.6. The van der Waals surface area contributed by atoms with E-state index < -0.39 is 19.3 Å². The van der Waals surface area contributed by atoms with Crippen molar-refractivity contribution in [3.8, 4) is 0 Å². The Morgan fingerprint density at radius 3 is 1.91 bits per heavy atom. The van der Waals surface area contributed by atoms with Gasteiger partial charge in [-0.05, 0) is 38.1 Å². The van der Waals surface area contributed by atoms with Gasteiger partial charge in [0.2, 0.25) is 7.29 Å². The largest absolute Gasteiger partial charge is 0.465 e. The molecule has 0 amide bonds. The average molecular weight is 317 g/mol. The number of nitrogens with one attached hydrogen (secondary N) is 1. The highest BCUT2D eigenvalue weighted by atomic mass is 31.2. The highest BCUT2D eigenvalue weighted by molar-refractivity contribution is 7.77. The number of carbonyl (C=O) groups excluding carboxylic acids is 1. The number of ether oxygens (including phenoxy) is 1. The van der Waals surface area contributed by atoms with Crippen molar-refractivity contribution in [2.45, 2.75) is 19.9 Å². The molecular weight excluding hydrogens is 297 g/mol. The molecule has 0 aromatic heterocycles. The fourth-order valence-electron chi connectivity index (χ4n) is 2.17. The molecule has 1 atom stereocenters. The van der Waals surface area contributed by atoms with E-state index in [0.717, 1.165) is 0 Å². The number of rotatable bonds is 6. The SMILES string of the molecule is CCOC(=O)C(C)NP(=O)(c1ccccc1)c1ccccc1. The van der Waals surface area contributed by atoms with Crippen LogP contribution in [0.4, 0.5) is 0 Å². The molecule has 22 heavy (non-hydrogen) atoms. The van der Waals surface area contributed by atoms with Crippen LogP contribution in [0.3, 0.4) is 0 Å². The summed E-state index contributed by atoms with van der Waals surface area (Å²) in [6, 6.07) is 17.6. The molecule has 1 N–H and O–H groups in total. The summed E-state index contributed by atoms with van der Waals surface area (Å²) in [6.45, 7) is 3.71. The lowest BCUT2D eigenvalue weighted by Crippen LogP contribution is -2.39. The molecule has 2 aromatic carbocycles. The Morgan fingerprint density at radius 1 is 1.05 bits per heavy atom. The van der Waals surface area contributed by atoms with Crippen molar-refractivity contribution < 1.29 is 14.1 Å². The van der Waals surface area contributed by atoms with Crippen molar-refractivity contribution in [2.75, 3.05) is 6.61 Å². The second-order valence-corrected chi connectivity index (χ2v) is 7.39. The topological polar surface area (TPSA) is 55.4 Å². The molecule has 0 heterocycles. The second-order valence-electron chi connectivity index (χ2n) is 4.88. The minimum absolute atomic E-state index is 0.297. The average Bonchev–Trinajstić information content (AvgIpc) is 2.56. The summed E-state index contributed by atoms with van der Waals surface area (Å²) in [5.41, 5.74) is 0. The summed E-state index contributed by atoms with van der Waals surface area (Å²) in [5, 5.41) is 4.32. The normalized spacial score (nSPS) is 12.6. The van der Waals surface area contributed by atoms with E-state index in [1.54, 1.807) is 38.1 Å². The van der Waals surface area contributed by atoms with E-state index in [0.29, 0.717) is 17.2 Å². The predicted molar refractivity (Wildman–Crippen MR) is 89.0 cm³/mol. The van der Waals surface area contributed by atoms with Gasteiger partial charge in [-0.25, -0.2) is 5.09 Å². The van der Waals surface area contributed by atoms with E-state index in [9.17, 15) is 9.36 Å². The van der Waals surface area contributed by atoms with E-state index >= 15 is 0 Å². The minimum Gasteiger partial charge on any atom is -0.465 e. The van der Waals surface area contributed by atoms with Crippen LogP contribution in [0.1, 0.15) is 13.8 Å². The van der Waals surface area contributed by atoms with Gasteiger partial charge in [0.05, 0.1) is 6.61 Å². The lowest BCUT2D eigenvalue weighted by Gasteiger charge is -2.23. The standard InChI is InChI=1S/C17H20NO3P/c1-3-21-17(19)14(2)18-22(20,15-10-6-4-7-11-15)16-12-8-5-9-13-16/h4-14H,3H2,1-2H3,(H,18,20). The Kier molecular flexibility index (Phi) is 5.53. The second kappa shape index (κ2) is 7.39. The van der Waals surface area contributed by atoms with Gasteiger partial charge in [-0.3, -0.25) is 9.36 Å². The van der Waals surface area contributed by atoms with Crippen LogP contribution in [-0.4, -0.2) is 18.6 Å². The summed E-state index contributed by atoms with van der Waals surface area (Å²) >= 11 is 0. The third kappa shape index (κ3) is 3.65. The highest BCUT2D eigenvalue weighted by Crippen LogP contribution is 2.39. The molecule has 0 aliphatic carbocycles. The Hall–Kier alpha value is -1.90. The molecule has 5 heteroatoms. The molecule has 0 radical (unpaired) electrons. The number of carbonyl (C=O) groups is 1. The van der Waals surface area contributed by atoms with Crippen molar-refractivity contribution >= 4 is 23.9 Å². The molecule has 2 rings (SSSR count). The number of benzene rings is 2. The van der Waals surface area contributed by atoms with E-state index in [-0.39, 0.29) is 0 Å². The van der Waals surface area contributed by atoms with Crippen LogP contribution in [0.15, 0.2) is 60.7 Å². The van der Waals surface area contributed by atoms with Crippen molar-refractivity contribution in [1.29, 1.82) is 0 Å². The Morgan fingerprint density at radius 2 is 1.50 bits per heavy atom. The molecule has 0 aliphatic heterocycles. The fourth-order valence-corrected chi connectivity index (χ4v) is 4.60. The smallest absolute Gasteiger partial charge is 0.323 e. The van der Waals surface area contributed by atoms with Gasteiger partial charge in [0.15, 0.2) is 0 Å². The zero-order valence-corrected chi connectivity index (χ0v) is 13.6. The lowest BCUT2D eigenvalue weighted by molar-refractivity contribution is -0.144. The number of esters is 1. The van der Waals surface area contributed by atoms with Gasteiger partial charge in [0, 0.05) is 10.6 Å². The van der Waals surface area contributed by atoms with E-state index in [1.807, 2.05) is 36.4 Å². The maximum absolute atomic E-state index is 13.6. The molecule has 0 aliphatic rings. The molecule has 0 saturated heterocycles. The van der Waals surface area contributed by atoms with Gasteiger partial charge in [-0.1, -0.05) is 36.4 Å². The molecule has 1 unspecified atom stereocenters. The molecule has 2 aromatic rings. The molecule has 0 spiro atoms. The summed E-state index contributed by atoms with van der Waals surface area (Å²) in [6.07, 6.45) is 0. The number of hydrogen-bond donors (Lipinski definition) is 1. The third-order valence-corrected chi connectivity index (χ3v) is 6.06. The monoisotopic (exact) mass is 317 g/mol. The first-order valence-corrected chi connectivity index (χ1v) is 8.94. The summed E-state index contributed by atoms with van der Waals surface area (Å²) in [5.74, 6) is -0.408. The fraction of sp³-hybridized carbons (Fsp3) is 0.235. The Balaban J connectivity index is 2.39. The third-order valence-electron chi connectivity index (χ3n) is 3.26. The molecule has 116 valence electrons. The van der Waals surface area contributed by atoms with E-state index in [2.05, 4.69) is 5.09 Å². The molecule has 0 saturated carbocycles. The van der Waals surface area contributed by atoms with Crippen LogP contribution < -0.4 is 15.7 Å². The zero-order valence-electron chi connectivity index (χ0n) is 12.7. The van der Waals surface area contributed by atoms with E-state index in [1.165, 1.54) is 0 Å². The van der Waals surface area contributed by atoms with Crippen molar-refractivity contribution in [1.82, 2.24) is 5.09 Å². The van der Waals surface area contributed by atoms with Gasteiger partial charge in [0.1, 0.15) is 6.04 Å². The molecular formula is C17H20NO3P. The maximum atomic E-state index is 13.6. The van der Waals surface area contributed by atoms with Crippen LogP contribution in [0, 0.1) is 0 Å². The highest BCUT2D eigenvalue weighted by Gasteiger charge is 2.31. The predicted octanol–water partition coefficient (Wildman–Crippen LogP) is 2.46. The molecule has 0 bridgehead atoms. The van der Waals surface area contributed by atoms with Gasteiger partial charge >= 0.3 is 5.97 Å². The van der Waals surface area contributed by atoms with Gasteiger partial charge in [-0.2, -0.15) is 0 Å². The van der Waals surface area contributed by atoms with Crippen LogP contribution in [0.2, 0.25) is 0 Å². The van der Waals surface area contributed by atoms with Crippen LogP contribution in [0.25, 0.3) is 0 Å². The Labute approximate surface area is 130 Å². The van der Waals surface area contributed by atoms with Crippen molar-refractivity contribution in [2.24, 2.45) is 0 Å². The summed E-state index contributed by atoms with van der Waals surface area (Å²) < 4.78 is 18.6. The van der Waals surface area contributed by atoms with Gasteiger partial charge in [-0.15, -0.1) is 0 Å². The zero-order chi connectivity index (χ0) is 16.0. The van der Waals surface area contributed by atoms with Crippen LogP contribution >= 0.6 is 7.29 Å². The number of hydrogen-bond acceptors (Lipinski definition) is 3. The first kappa shape index (κ1) is 16.5. The summed E-state index contributed by atoms with van der Waals surface area (Å²) in [7, 11) is -3.11. The molecule has 4 nitrogen and oxygen atoms in total. The molecule has 0 fully saturated rings. The van der Waals surface area contributed by atoms with Gasteiger partial charge < -0.3 is 4.74 Å². The van der Waals surface area contributed by atoms with Gasteiger partial charge in [0.25, 0.3) is 0 Å². The van der Waals surface area contributed by atoms with Crippen LogP contribution in [0.5, 0.6) is 0 Å². The van der Waals surface area contributed by atoms with Crippen molar-refractivity contribution in [3.05, 3.63) is 60.7 Å². The van der Waals surface area contributed by atoms with Crippen LogP contribution in [-0.2, 0) is 14.1 Å². The first-order valence-electron chi connectivity index (χ1n) is 7.23. The minimum atomic E-state index is -3.11.